The summed E-state index contributed by atoms with van der Waals surface area (Å²) in [7, 11) is 0. The van der Waals surface area contributed by atoms with Crippen molar-refractivity contribution in [2.24, 2.45) is 17.8 Å². The van der Waals surface area contributed by atoms with E-state index in [1.54, 1.807) is 5.56 Å². The van der Waals surface area contributed by atoms with Gasteiger partial charge < -0.3 is 5.73 Å². The molecule has 2 N–H and O–H groups in total. The zero-order valence-corrected chi connectivity index (χ0v) is 15.5. The van der Waals surface area contributed by atoms with E-state index in [0.29, 0.717) is 5.41 Å². The first-order valence-corrected chi connectivity index (χ1v) is 10.00. The Hall–Kier alpha value is -1.76. The van der Waals surface area contributed by atoms with Crippen molar-refractivity contribution in [3.8, 4) is 11.1 Å². The van der Waals surface area contributed by atoms with Gasteiger partial charge in [0.05, 0.1) is 0 Å². The van der Waals surface area contributed by atoms with E-state index >= 15 is 0 Å². The number of anilines is 1. The summed E-state index contributed by atoms with van der Waals surface area (Å²) in [5.74, 6) is 3.02. The molecule has 4 saturated carbocycles. The summed E-state index contributed by atoms with van der Waals surface area (Å²) < 4.78 is 0. The summed E-state index contributed by atoms with van der Waals surface area (Å²) in [5.41, 5.74) is 14.1. The highest BCUT2D eigenvalue weighted by Gasteiger charge is 2.51. The van der Waals surface area contributed by atoms with Crippen LogP contribution in [0.1, 0.15) is 55.2 Å². The van der Waals surface area contributed by atoms with Gasteiger partial charge in [-0.25, -0.2) is 0 Å². The average Bonchev–Trinajstić information content (AvgIpc) is 2.58. The van der Waals surface area contributed by atoms with Crippen LogP contribution < -0.4 is 5.73 Å². The quantitative estimate of drug-likeness (QED) is 0.669. The largest absolute Gasteiger partial charge is 0.398 e. The number of aryl methyl sites for hydroxylation is 2. The van der Waals surface area contributed by atoms with E-state index < -0.39 is 0 Å². The molecule has 130 valence electrons. The Labute approximate surface area is 151 Å². The lowest BCUT2D eigenvalue weighted by molar-refractivity contribution is -0.00518. The van der Waals surface area contributed by atoms with Crippen LogP contribution in [0.4, 0.5) is 5.69 Å². The zero-order chi connectivity index (χ0) is 17.2. The number of nitrogen functional groups attached to an aromatic ring is 1. The molecule has 0 spiro atoms. The van der Waals surface area contributed by atoms with E-state index in [-0.39, 0.29) is 0 Å². The number of hydrogen-bond donors (Lipinski definition) is 1. The Morgan fingerprint density at radius 2 is 1.24 bits per heavy atom. The van der Waals surface area contributed by atoms with Gasteiger partial charge in [-0.3, -0.25) is 0 Å². The van der Waals surface area contributed by atoms with Gasteiger partial charge in [0.1, 0.15) is 0 Å². The fourth-order valence-corrected chi connectivity index (χ4v) is 6.62. The third-order valence-electron chi connectivity index (χ3n) is 7.46. The SMILES string of the molecule is Cc1cc(-c2ccc(C34CC5CC(CC(C5)C3)C4)cc2)cc(C)c1N. The highest BCUT2D eigenvalue weighted by Crippen LogP contribution is 2.60. The van der Waals surface area contributed by atoms with Gasteiger partial charge in [-0.2, -0.15) is 0 Å². The molecule has 0 unspecified atom stereocenters. The second kappa shape index (κ2) is 5.37. The first-order chi connectivity index (χ1) is 12.0. The average molecular weight is 332 g/mol. The van der Waals surface area contributed by atoms with Crippen molar-refractivity contribution in [3.05, 3.63) is 53.1 Å². The van der Waals surface area contributed by atoms with Crippen molar-refractivity contribution >= 4 is 5.69 Å². The first-order valence-electron chi connectivity index (χ1n) is 10.00. The molecule has 4 bridgehead atoms. The molecule has 0 heterocycles. The van der Waals surface area contributed by atoms with Crippen LogP contribution in [-0.2, 0) is 5.41 Å². The zero-order valence-electron chi connectivity index (χ0n) is 15.5. The summed E-state index contributed by atoms with van der Waals surface area (Å²) in [6.07, 6.45) is 8.87. The molecule has 0 amide bonds. The van der Waals surface area contributed by atoms with Crippen LogP contribution in [0.2, 0.25) is 0 Å². The third kappa shape index (κ3) is 2.43. The van der Waals surface area contributed by atoms with Crippen molar-refractivity contribution in [2.75, 3.05) is 5.73 Å². The lowest BCUT2D eigenvalue weighted by Gasteiger charge is -2.57. The summed E-state index contributed by atoms with van der Waals surface area (Å²) in [6, 6.07) is 14.0. The van der Waals surface area contributed by atoms with E-state index in [9.17, 15) is 0 Å². The Bertz CT molecular complexity index is 756. The lowest BCUT2D eigenvalue weighted by atomic mass is 9.48. The van der Waals surface area contributed by atoms with Gasteiger partial charge in [0.2, 0.25) is 0 Å². The molecule has 0 aliphatic heterocycles. The molecular weight excluding hydrogens is 302 g/mol. The van der Waals surface area contributed by atoms with E-state index in [1.807, 2.05) is 0 Å². The minimum absolute atomic E-state index is 0.500. The van der Waals surface area contributed by atoms with Gasteiger partial charge in [0.25, 0.3) is 0 Å². The van der Waals surface area contributed by atoms with Crippen LogP contribution in [0.5, 0.6) is 0 Å². The molecule has 4 fully saturated rings. The summed E-state index contributed by atoms with van der Waals surface area (Å²) in [5, 5.41) is 0. The normalized spacial score (nSPS) is 33.0. The monoisotopic (exact) mass is 331 g/mol. The van der Waals surface area contributed by atoms with Crippen LogP contribution in [0, 0.1) is 31.6 Å². The number of benzene rings is 2. The number of rotatable bonds is 2. The predicted molar refractivity (Wildman–Crippen MR) is 106 cm³/mol. The predicted octanol–water partition coefficient (Wildman–Crippen LogP) is 6.02. The van der Waals surface area contributed by atoms with Crippen molar-refractivity contribution in [1.82, 2.24) is 0 Å². The molecule has 0 radical (unpaired) electrons. The van der Waals surface area contributed by atoms with Gasteiger partial charge in [-0.05, 0) is 115 Å². The van der Waals surface area contributed by atoms with Crippen molar-refractivity contribution in [3.63, 3.8) is 0 Å². The molecule has 1 nitrogen and oxygen atoms in total. The molecule has 4 aliphatic carbocycles. The second-order valence-corrected chi connectivity index (χ2v) is 9.30. The van der Waals surface area contributed by atoms with Crippen LogP contribution in [0.15, 0.2) is 36.4 Å². The topological polar surface area (TPSA) is 26.0 Å². The van der Waals surface area contributed by atoms with E-state index in [4.69, 9.17) is 5.73 Å². The van der Waals surface area contributed by atoms with Crippen molar-refractivity contribution in [1.29, 1.82) is 0 Å². The molecule has 0 saturated heterocycles. The van der Waals surface area contributed by atoms with E-state index in [2.05, 4.69) is 50.2 Å². The fourth-order valence-electron chi connectivity index (χ4n) is 6.62. The van der Waals surface area contributed by atoms with Gasteiger partial charge >= 0.3 is 0 Å². The Morgan fingerprint density at radius 3 is 1.72 bits per heavy atom. The highest BCUT2D eigenvalue weighted by atomic mass is 14.6. The lowest BCUT2D eigenvalue weighted by Crippen LogP contribution is -2.48. The highest BCUT2D eigenvalue weighted by molar-refractivity contribution is 5.70. The Balaban J connectivity index is 1.48. The Morgan fingerprint density at radius 1 is 0.760 bits per heavy atom. The number of hydrogen-bond acceptors (Lipinski definition) is 1. The van der Waals surface area contributed by atoms with Crippen LogP contribution >= 0.6 is 0 Å². The standard InChI is InChI=1S/C24H29N/c1-15-7-21(8-16(2)23(15)25)20-3-5-22(6-4-20)24-12-17-9-18(13-24)11-19(10-17)14-24/h3-8,17-19H,9-14,25H2,1-2H3. The molecule has 2 aromatic carbocycles. The molecule has 1 heteroatoms. The van der Waals surface area contributed by atoms with Gasteiger partial charge in [0.15, 0.2) is 0 Å². The van der Waals surface area contributed by atoms with Crippen molar-refractivity contribution < 1.29 is 0 Å². The maximum atomic E-state index is 6.12. The maximum absolute atomic E-state index is 6.12. The molecule has 25 heavy (non-hydrogen) atoms. The van der Waals surface area contributed by atoms with Crippen molar-refractivity contribution in [2.45, 2.75) is 57.8 Å². The molecule has 0 atom stereocenters. The summed E-state index contributed by atoms with van der Waals surface area (Å²) >= 11 is 0. The summed E-state index contributed by atoms with van der Waals surface area (Å²) in [6.45, 7) is 4.21. The van der Waals surface area contributed by atoms with E-state index in [0.717, 1.165) is 23.4 Å². The second-order valence-electron chi connectivity index (χ2n) is 9.30. The summed E-state index contributed by atoms with van der Waals surface area (Å²) in [4.78, 5) is 0. The van der Waals surface area contributed by atoms with Crippen LogP contribution in [0.3, 0.4) is 0 Å². The Kier molecular flexibility index (Phi) is 3.33. The smallest absolute Gasteiger partial charge is 0.0373 e. The maximum Gasteiger partial charge on any atom is 0.0373 e. The van der Waals surface area contributed by atoms with Gasteiger partial charge in [-0.1, -0.05) is 24.3 Å². The minimum Gasteiger partial charge on any atom is -0.398 e. The third-order valence-corrected chi connectivity index (χ3v) is 7.46. The fraction of sp³-hybridized carbons (Fsp3) is 0.500. The molecule has 2 aromatic rings. The van der Waals surface area contributed by atoms with Gasteiger partial charge in [0, 0.05) is 5.69 Å². The minimum atomic E-state index is 0.500. The van der Waals surface area contributed by atoms with Crippen LogP contribution in [0.25, 0.3) is 11.1 Å². The van der Waals surface area contributed by atoms with Gasteiger partial charge in [-0.15, -0.1) is 0 Å². The molecule has 0 aromatic heterocycles. The molecular formula is C24H29N. The molecule has 4 aliphatic rings. The first kappa shape index (κ1) is 15.5. The molecule has 6 rings (SSSR count). The van der Waals surface area contributed by atoms with Crippen LogP contribution in [-0.4, -0.2) is 0 Å². The van der Waals surface area contributed by atoms with E-state index in [1.165, 1.54) is 60.8 Å². The number of nitrogens with two attached hydrogens (primary N) is 1.